The van der Waals surface area contributed by atoms with E-state index in [9.17, 15) is 9.90 Å². The van der Waals surface area contributed by atoms with Gasteiger partial charge in [0.25, 0.3) is 5.91 Å². The quantitative estimate of drug-likeness (QED) is 0.533. The van der Waals surface area contributed by atoms with Crippen LogP contribution in [0.5, 0.6) is 11.5 Å². The number of carbonyl (C=O) groups excluding carboxylic acids is 1. The molecule has 162 valence electrons. The number of ether oxygens (including phenoxy) is 2. The van der Waals surface area contributed by atoms with E-state index in [4.69, 9.17) is 9.47 Å². The van der Waals surface area contributed by atoms with Crippen LogP contribution in [0.2, 0.25) is 0 Å². The molecule has 0 saturated carbocycles. The summed E-state index contributed by atoms with van der Waals surface area (Å²) in [5, 5.41) is 9.37. The van der Waals surface area contributed by atoms with E-state index in [0.717, 1.165) is 55.4 Å². The first-order valence-corrected chi connectivity index (χ1v) is 11.0. The van der Waals surface area contributed by atoms with Crippen LogP contribution in [0.1, 0.15) is 75.2 Å². The van der Waals surface area contributed by atoms with Gasteiger partial charge in [0.1, 0.15) is 11.5 Å². The zero-order chi connectivity index (χ0) is 21.2. The summed E-state index contributed by atoms with van der Waals surface area (Å²) in [4.78, 5) is 15.2. The van der Waals surface area contributed by atoms with Gasteiger partial charge in [-0.2, -0.15) is 0 Å². The Morgan fingerprint density at radius 3 is 2.10 bits per heavy atom. The Morgan fingerprint density at radius 2 is 1.62 bits per heavy atom. The molecular weight excluding hydrogens is 366 g/mol. The predicted octanol–water partition coefficient (Wildman–Crippen LogP) is 4.92. The smallest absolute Gasteiger partial charge is 0.257 e. The monoisotopic (exact) mass is 403 g/mol. The molecule has 5 heteroatoms. The van der Waals surface area contributed by atoms with Crippen molar-refractivity contribution in [3.8, 4) is 11.5 Å². The predicted molar refractivity (Wildman–Crippen MR) is 118 cm³/mol. The third kappa shape index (κ3) is 6.49. The van der Waals surface area contributed by atoms with Crippen molar-refractivity contribution in [2.24, 2.45) is 5.92 Å². The molecule has 1 N–H and O–H groups in total. The summed E-state index contributed by atoms with van der Waals surface area (Å²) in [5.74, 6) is 1.59. The number of piperidine rings is 1. The van der Waals surface area contributed by atoms with Crippen molar-refractivity contribution in [2.75, 3.05) is 32.9 Å². The molecule has 0 aromatic heterocycles. The molecule has 1 aliphatic rings. The number of allylic oxidation sites excluding steroid dienone is 1. The second-order valence-corrected chi connectivity index (χ2v) is 7.95. The van der Waals surface area contributed by atoms with E-state index in [0.29, 0.717) is 43.5 Å². The third-order valence-corrected chi connectivity index (χ3v) is 5.44. The Morgan fingerprint density at radius 1 is 1.07 bits per heavy atom. The Labute approximate surface area is 175 Å². The molecule has 1 heterocycles. The molecule has 0 spiro atoms. The van der Waals surface area contributed by atoms with Gasteiger partial charge in [0, 0.05) is 31.3 Å². The number of amides is 1. The highest BCUT2D eigenvalue weighted by molar-refractivity contribution is 5.98. The minimum Gasteiger partial charge on any atom is -0.493 e. The SMILES string of the molecule is C=C(C)c1cc(C(=O)N2CCC(CO)CC2)c(OCCCC)cc1OCCCC. The average molecular weight is 404 g/mol. The molecule has 1 amide bonds. The number of rotatable bonds is 11. The van der Waals surface area contributed by atoms with Gasteiger partial charge in [-0.1, -0.05) is 33.3 Å². The zero-order valence-corrected chi connectivity index (χ0v) is 18.3. The van der Waals surface area contributed by atoms with Crippen LogP contribution < -0.4 is 9.47 Å². The van der Waals surface area contributed by atoms with E-state index >= 15 is 0 Å². The van der Waals surface area contributed by atoms with Crippen molar-refractivity contribution in [2.45, 2.75) is 59.3 Å². The molecule has 1 aromatic rings. The maximum Gasteiger partial charge on any atom is 0.257 e. The summed E-state index contributed by atoms with van der Waals surface area (Å²) >= 11 is 0. The van der Waals surface area contributed by atoms with Crippen molar-refractivity contribution in [3.63, 3.8) is 0 Å². The van der Waals surface area contributed by atoms with Crippen LogP contribution in [-0.2, 0) is 0 Å². The molecule has 0 aliphatic carbocycles. The lowest BCUT2D eigenvalue weighted by molar-refractivity contribution is 0.0646. The van der Waals surface area contributed by atoms with Crippen LogP contribution in [0.15, 0.2) is 18.7 Å². The number of aliphatic hydroxyl groups excluding tert-OH is 1. The van der Waals surface area contributed by atoms with Crippen LogP contribution >= 0.6 is 0 Å². The Hall–Kier alpha value is -2.01. The van der Waals surface area contributed by atoms with Crippen LogP contribution in [0.25, 0.3) is 5.57 Å². The number of carbonyl (C=O) groups is 1. The number of hydrogen-bond acceptors (Lipinski definition) is 4. The standard InChI is InChI=1S/C24H37NO4/c1-5-7-13-28-22-16-23(29-14-8-6-2)21(15-20(22)18(3)4)24(27)25-11-9-19(17-26)10-12-25/h15-16,19,26H,3,5-14,17H2,1-2,4H3. The van der Waals surface area contributed by atoms with Gasteiger partial charge < -0.3 is 19.5 Å². The lowest BCUT2D eigenvalue weighted by Gasteiger charge is -2.31. The maximum absolute atomic E-state index is 13.3. The number of hydrogen-bond donors (Lipinski definition) is 1. The number of aliphatic hydroxyl groups is 1. The molecule has 1 saturated heterocycles. The highest BCUT2D eigenvalue weighted by Gasteiger charge is 2.26. The largest absolute Gasteiger partial charge is 0.493 e. The van der Waals surface area contributed by atoms with Crippen LogP contribution in [0, 0.1) is 5.92 Å². The summed E-state index contributed by atoms with van der Waals surface area (Å²) in [6, 6.07) is 3.74. The van der Waals surface area contributed by atoms with Crippen molar-refractivity contribution < 1.29 is 19.4 Å². The highest BCUT2D eigenvalue weighted by atomic mass is 16.5. The van der Waals surface area contributed by atoms with Crippen LogP contribution in [0.3, 0.4) is 0 Å². The molecule has 1 aromatic carbocycles. The second kappa shape index (κ2) is 11.9. The normalized spacial score (nSPS) is 14.7. The van der Waals surface area contributed by atoms with Crippen LogP contribution in [0.4, 0.5) is 0 Å². The average Bonchev–Trinajstić information content (AvgIpc) is 2.73. The highest BCUT2D eigenvalue weighted by Crippen LogP contribution is 2.35. The first-order chi connectivity index (χ1) is 14.0. The summed E-state index contributed by atoms with van der Waals surface area (Å²) in [6.45, 7) is 13.0. The van der Waals surface area contributed by atoms with Gasteiger partial charge in [0.05, 0.1) is 18.8 Å². The van der Waals surface area contributed by atoms with Crippen molar-refractivity contribution >= 4 is 11.5 Å². The van der Waals surface area contributed by atoms with Gasteiger partial charge in [-0.3, -0.25) is 4.79 Å². The van der Waals surface area contributed by atoms with Crippen molar-refractivity contribution in [1.82, 2.24) is 4.90 Å². The van der Waals surface area contributed by atoms with Crippen molar-refractivity contribution in [3.05, 3.63) is 29.8 Å². The first-order valence-electron chi connectivity index (χ1n) is 11.0. The molecule has 0 unspecified atom stereocenters. The summed E-state index contributed by atoms with van der Waals surface area (Å²) in [6.07, 6.45) is 5.66. The number of unbranched alkanes of at least 4 members (excludes halogenated alkanes) is 2. The van der Waals surface area contributed by atoms with Crippen LogP contribution in [-0.4, -0.2) is 48.8 Å². The van der Waals surface area contributed by atoms with Gasteiger partial charge in [-0.05, 0) is 50.2 Å². The van der Waals surface area contributed by atoms with E-state index in [2.05, 4.69) is 20.4 Å². The number of nitrogens with zero attached hydrogens (tertiary/aromatic N) is 1. The Kier molecular flexibility index (Phi) is 9.52. The number of benzene rings is 1. The number of likely N-dealkylation sites (tertiary alicyclic amines) is 1. The molecule has 1 fully saturated rings. The third-order valence-electron chi connectivity index (χ3n) is 5.44. The molecule has 0 atom stereocenters. The molecule has 1 aliphatic heterocycles. The maximum atomic E-state index is 13.3. The lowest BCUT2D eigenvalue weighted by atomic mass is 9.96. The topological polar surface area (TPSA) is 59.0 Å². The molecule has 0 radical (unpaired) electrons. The van der Waals surface area contributed by atoms with E-state index in [1.54, 1.807) is 0 Å². The van der Waals surface area contributed by atoms with E-state index in [1.165, 1.54) is 0 Å². The summed E-state index contributed by atoms with van der Waals surface area (Å²) < 4.78 is 12.0. The fourth-order valence-electron chi connectivity index (χ4n) is 3.44. The first kappa shape index (κ1) is 23.3. The molecule has 29 heavy (non-hydrogen) atoms. The Balaban J connectivity index is 2.32. The van der Waals surface area contributed by atoms with E-state index in [-0.39, 0.29) is 12.5 Å². The summed E-state index contributed by atoms with van der Waals surface area (Å²) in [5.41, 5.74) is 2.30. The fraction of sp³-hybridized carbons (Fsp3) is 0.625. The van der Waals surface area contributed by atoms with Gasteiger partial charge in [0.15, 0.2) is 0 Å². The lowest BCUT2D eigenvalue weighted by Crippen LogP contribution is -2.39. The summed E-state index contributed by atoms with van der Waals surface area (Å²) in [7, 11) is 0. The molecule has 2 rings (SSSR count). The zero-order valence-electron chi connectivity index (χ0n) is 18.3. The van der Waals surface area contributed by atoms with Gasteiger partial charge >= 0.3 is 0 Å². The van der Waals surface area contributed by atoms with Gasteiger partial charge in [-0.15, -0.1) is 0 Å². The molecular formula is C24H37NO4. The molecule has 0 bridgehead atoms. The van der Waals surface area contributed by atoms with E-state index < -0.39 is 0 Å². The van der Waals surface area contributed by atoms with Gasteiger partial charge in [-0.25, -0.2) is 0 Å². The minimum atomic E-state index is -0.0181. The van der Waals surface area contributed by atoms with Crippen molar-refractivity contribution in [1.29, 1.82) is 0 Å². The molecule has 5 nitrogen and oxygen atoms in total. The van der Waals surface area contributed by atoms with E-state index in [1.807, 2.05) is 24.0 Å². The minimum absolute atomic E-state index is 0.0181. The fourth-order valence-corrected chi connectivity index (χ4v) is 3.44. The Bertz CT molecular complexity index is 678. The second-order valence-electron chi connectivity index (χ2n) is 7.95. The van der Waals surface area contributed by atoms with Gasteiger partial charge in [0.2, 0.25) is 0 Å².